The first-order chi connectivity index (χ1) is 10.0. The highest BCUT2D eigenvalue weighted by molar-refractivity contribution is 7.91. The molecule has 0 bridgehead atoms. The van der Waals surface area contributed by atoms with E-state index in [9.17, 15) is 8.42 Å². The third-order valence-corrected chi connectivity index (χ3v) is 5.04. The molecule has 1 fully saturated rings. The molecule has 0 radical (unpaired) electrons. The SMILES string of the molecule is N/C(=N/O)c1cccc(S(=O)(=O)CCNC2CCOC2)c1. The molecule has 1 unspecified atom stereocenters. The first kappa shape index (κ1) is 15.7. The fraction of sp³-hybridized carbons (Fsp3) is 0.462. The van der Waals surface area contributed by atoms with Gasteiger partial charge in [-0.1, -0.05) is 17.3 Å². The molecular formula is C13H19N3O4S. The molecule has 1 heterocycles. The third kappa shape index (κ3) is 4.16. The van der Waals surface area contributed by atoms with Crippen molar-refractivity contribution in [3.05, 3.63) is 29.8 Å². The summed E-state index contributed by atoms with van der Waals surface area (Å²) in [5.41, 5.74) is 5.84. The molecule has 0 aliphatic carbocycles. The Balaban J connectivity index is 2.01. The maximum atomic E-state index is 12.3. The molecule has 1 atom stereocenters. The Hall–Kier alpha value is -1.64. The lowest BCUT2D eigenvalue weighted by atomic mass is 10.2. The molecule has 8 heteroatoms. The van der Waals surface area contributed by atoms with E-state index in [1.807, 2.05) is 0 Å². The summed E-state index contributed by atoms with van der Waals surface area (Å²) in [6.07, 6.45) is 0.902. The fourth-order valence-corrected chi connectivity index (χ4v) is 3.33. The normalized spacial score (nSPS) is 19.8. The van der Waals surface area contributed by atoms with Crippen LogP contribution in [0.4, 0.5) is 0 Å². The van der Waals surface area contributed by atoms with Gasteiger partial charge < -0.3 is 21.0 Å². The van der Waals surface area contributed by atoms with Gasteiger partial charge in [-0.3, -0.25) is 0 Å². The van der Waals surface area contributed by atoms with E-state index >= 15 is 0 Å². The van der Waals surface area contributed by atoms with Gasteiger partial charge in [0.05, 0.1) is 17.3 Å². The predicted molar refractivity (Wildman–Crippen MR) is 78.2 cm³/mol. The van der Waals surface area contributed by atoms with Crippen LogP contribution in [0.3, 0.4) is 0 Å². The zero-order valence-corrected chi connectivity index (χ0v) is 12.3. The molecule has 1 saturated heterocycles. The first-order valence-electron chi connectivity index (χ1n) is 6.65. The minimum Gasteiger partial charge on any atom is -0.409 e. The van der Waals surface area contributed by atoms with E-state index in [0.29, 0.717) is 25.3 Å². The zero-order chi connectivity index (χ0) is 15.3. The lowest BCUT2D eigenvalue weighted by molar-refractivity contribution is 0.190. The van der Waals surface area contributed by atoms with Gasteiger partial charge in [0.2, 0.25) is 0 Å². The molecule has 1 aromatic rings. The van der Waals surface area contributed by atoms with Gasteiger partial charge in [-0.25, -0.2) is 8.42 Å². The molecule has 7 nitrogen and oxygen atoms in total. The second-order valence-corrected chi connectivity index (χ2v) is 6.96. The van der Waals surface area contributed by atoms with Crippen molar-refractivity contribution >= 4 is 15.7 Å². The Morgan fingerprint density at radius 1 is 1.52 bits per heavy atom. The Bertz CT molecular complexity index is 610. The minimum atomic E-state index is -3.41. The third-order valence-electron chi connectivity index (χ3n) is 3.33. The number of ether oxygens (including phenoxy) is 1. The molecule has 0 spiro atoms. The lowest BCUT2D eigenvalue weighted by Gasteiger charge is -2.11. The summed E-state index contributed by atoms with van der Waals surface area (Å²) in [4.78, 5) is 0.163. The average Bonchev–Trinajstić information content (AvgIpc) is 2.99. The van der Waals surface area contributed by atoms with E-state index in [0.717, 1.165) is 6.42 Å². The smallest absolute Gasteiger partial charge is 0.179 e. The summed E-state index contributed by atoms with van der Waals surface area (Å²) >= 11 is 0. The van der Waals surface area contributed by atoms with Crippen LogP contribution >= 0.6 is 0 Å². The summed E-state index contributed by atoms with van der Waals surface area (Å²) in [5.74, 6) is -0.128. The number of oxime groups is 1. The maximum Gasteiger partial charge on any atom is 0.179 e. The quantitative estimate of drug-likeness (QED) is 0.293. The number of sulfone groups is 1. The van der Waals surface area contributed by atoms with E-state index in [1.54, 1.807) is 12.1 Å². The van der Waals surface area contributed by atoms with Gasteiger partial charge in [-0.15, -0.1) is 0 Å². The summed E-state index contributed by atoms with van der Waals surface area (Å²) < 4.78 is 29.7. The summed E-state index contributed by atoms with van der Waals surface area (Å²) in [7, 11) is -3.41. The van der Waals surface area contributed by atoms with Crippen molar-refractivity contribution in [2.75, 3.05) is 25.5 Å². The Labute approximate surface area is 123 Å². The highest BCUT2D eigenvalue weighted by Gasteiger charge is 2.18. The van der Waals surface area contributed by atoms with Gasteiger partial charge in [0, 0.05) is 24.8 Å². The molecule has 1 aromatic carbocycles. The maximum absolute atomic E-state index is 12.3. The zero-order valence-electron chi connectivity index (χ0n) is 11.5. The van der Waals surface area contributed by atoms with E-state index in [1.165, 1.54) is 12.1 Å². The van der Waals surface area contributed by atoms with Crippen LogP contribution in [0.1, 0.15) is 12.0 Å². The predicted octanol–water partition coefficient (Wildman–Crippen LogP) is -0.0667. The monoisotopic (exact) mass is 313 g/mol. The van der Waals surface area contributed by atoms with E-state index in [2.05, 4.69) is 10.5 Å². The minimum absolute atomic E-state index is 0.0108. The number of hydrogen-bond acceptors (Lipinski definition) is 6. The number of amidine groups is 1. The molecule has 0 saturated carbocycles. The number of hydrogen-bond donors (Lipinski definition) is 3. The van der Waals surface area contributed by atoms with Crippen molar-refractivity contribution in [2.45, 2.75) is 17.4 Å². The topological polar surface area (TPSA) is 114 Å². The molecule has 0 amide bonds. The van der Waals surface area contributed by atoms with Gasteiger partial charge in [0.15, 0.2) is 15.7 Å². The highest BCUT2D eigenvalue weighted by Crippen LogP contribution is 2.13. The standard InChI is InChI=1S/C13H19N3O4S/c14-13(16-17)10-2-1-3-12(8-10)21(18,19)7-5-15-11-4-6-20-9-11/h1-3,8,11,15,17H,4-7,9H2,(H2,14,16). The van der Waals surface area contributed by atoms with Crippen LogP contribution in [0.5, 0.6) is 0 Å². The second kappa shape index (κ2) is 6.88. The van der Waals surface area contributed by atoms with Crippen LogP contribution in [0.25, 0.3) is 0 Å². The van der Waals surface area contributed by atoms with E-state index in [-0.39, 0.29) is 22.5 Å². The number of benzene rings is 1. The average molecular weight is 313 g/mol. The van der Waals surface area contributed by atoms with Crippen LogP contribution in [0, 0.1) is 0 Å². The second-order valence-electron chi connectivity index (χ2n) is 4.85. The van der Waals surface area contributed by atoms with Crippen LogP contribution in [-0.4, -0.2) is 51.0 Å². The first-order valence-corrected chi connectivity index (χ1v) is 8.30. The van der Waals surface area contributed by atoms with Crippen molar-refractivity contribution in [1.29, 1.82) is 0 Å². The Kier molecular flexibility index (Phi) is 5.16. The van der Waals surface area contributed by atoms with Crippen molar-refractivity contribution in [2.24, 2.45) is 10.9 Å². The summed E-state index contributed by atoms with van der Waals surface area (Å²) in [6, 6.07) is 6.29. The molecule has 2 rings (SSSR count). The summed E-state index contributed by atoms with van der Waals surface area (Å²) in [6.45, 7) is 1.70. The van der Waals surface area contributed by atoms with Gasteiger partial charge in [-0.2, -0.15) is 0 Å². The lowest BCUT2D eigenvalue weighted by Crippen LogP contribution is -2.33. The number of rotatable bonds is 6. The molecule has 0 aromatic heterocycles. The van der Waals surface area contributed by atoms with Crippen LogP contribution in [0.15, 0.2) is 34.3 Å². The van der Waals surface area contributed by atoms with Gasteiger partial charge in [0.25, 0.3) is 0 Å². The Morgan fingerprint density at radius 3 is 3.00 bits per heavy atom. The molecular weight excluding hydrogens is 294 g/mol. The van der Waals surface area contributed by atoms with Crippen molar-refractivity contribution < 1.29 is 18.4 Å². The Morgan fingerprint density at radius 2 is 2.33 bits per heavy atom. The van der Waals surface area contributed by atoms with Gasteiger partial charge >= 0.3 is 0 Å². The van der Waals surface area contributed by atoms with E-state index < -0.39 is 9.84 Å². The van der Waals surface area contributed by atoms with Gasteiger partial charge in [0.1, 0.15) is 0 Å². The summed E-state index contributed by atoms with van der Waals surface area (Å²) in [5, 5.41) is 14.7. The highest BCUT2D eigenvalue weighted by atomic mass is 32.2. The molecule has 21 heavy (non-hydrogen) atoms. The van der Waals surface area contributed by atoms with Crippen LogP contribution in [-0.2, 0) is 14.6 Å². The largest absolute Gasteiger partial charge is 0.409 e. The van der Waals surface area contributed by atoms with Crippen LogP contribution < -0.4 is 11.1 Å². The number of nitrogens with zero attached hydrogens (tertiary/aromatic N) is 1. The number of nitrogens with one attached hydrogen (secondary N) is 1. The van der Waals surface area contributed by atoms with Crippen molar-refractivity contribution in [1.82, 2.24) is 5.32 Å². The van der Waals surface area contributed by atoms with Crippen molar-refractivity contribution in [3.8, 4) is 0 Å². The molecule has 1 aliphatic rings. The fourth-order valence-electron chi connectivity index (χ4n) is 2.12. The molecule has 116 valence electrons. The van der Waals surface area contributed by atoms with E-state index in [4.69, 9.17) is 15.7 Å². The van der Waals surface area contributed by atoms with Gasteiger partial charge in [-0.05, 0) is 18.6 Å². The van der Waals surface area contributed by atoms with Crippen molar-refractivity contribution in [3.63, 3.8) is 0 Å². The molecule has 1 aliphatic heterocycles. The molecule has 4 N–H and O–H groups in total. The number of nitrogens with two attached hydrogens (primary N) is 1. The van der Waals surface area contributed by atoms with Crippen LogP contribution in [0.2, 0.25) is 0 Å².